The van der Waals surface area contributed by atoms with E-state index in [-0.39, 0.29) is 5.82 Å². The van der Waals surface area contributed by atoms with Crippen LogP contribution in [0.15, 0.2) is 48.5 Å². The van der Waals surface area contributed by atoms with Crippen molar-refractivity contribution in [2.24, 2.45) is 0 Å². The first-order valence-corrected chi connectivity index (χ1v) is 7.27. The monoisotopic (exact) mass is 262 g/mol. The molecule has 2 aromatic rings. The van der Waals surface area contributed by atoms with Crippen molar-refractivity contribution < 1.29 is 8.60 Å². The number of aryl methyl sites for hydroxylation is 1. The van der Waals surface area contributed by atoms with Gasteiger partial charge in [-0.1, -0.05) is 42.0 Å². The molecule has 0 aliphatic carbocycles. The zero-order valence-electron chi connectivity index (χ0n) is 10.2. The van der Waals surface area contributed by atoms with Crippen LogP contribution in [0.3, 0.4) is 0 Å². The smallest absolute Gasteiger partial charge is 0.123 e. The summed E-state index contributed by atoms with van der Waals surface area (Å²) < 4.78 is 24.7. The molecule has 0 aromatic heterocycles. The van der Waals surface area contributed by atoms with Gasteiger partial charge in [-0.2, -0.15) is 0 Å². The van der Waals surface area contributed by atoms with Gasteiger partial charge in [-0.15, -0.1) is 0 Å². The van der Waals surface area contributed by atoms with Crippen molar-refractivity contribution in [3.63, 3.8) is 0 Å². The van der Waals surface area contributed by atoms with Crippen LogP contribution in [-0.2, 0) is 22.3 Å². The van der Waals surface area contributed by atoms with Crippen molar-refractivity contribution in [1.82, 2.24) is 0 Å². The van der Waals surface area contributed by atoms with Gasteiger partial charge < -0.3 is 0 Å². The van der Waals surface area contributed by atoms with E-state index < -0.39 is 10.8 Å². The maximum atomic E-state index is 12.7. The molecular formula is C15H15FOS. The second kappa shape index (κ2) is 5.91. The fourth-order valence-electron chi connectivity index (χ4n) is 1.69. The van der Waals surface area contributed by atoms with E-state index in [1.54, 1.807) is 12.1 Å². The van der Waals surface area contributed by atoms with Crippen LogP contribution < -0.4 is 0 Å². The maximum Gasteiger partial charge on any atom is 0.123 e. The first-order chi connectivity index (χ1) is 8.63. The van der Waals surface area contributed by atoms with Crippen LogP contribution in [0.1, 0.15) is 16.7 Å². The summed E-state index contributed by atoms with van der Waals surface area (Å²) in [5, 5.41) is 0. The lowest BCUT2D eigenvalue weighted by molar-refractivity contribution is 0.627. The van der Waals surface area contributed by atoms with Crippen molar-refractivity contribution in [1.29, 1.82) is 0 Å². The van der Waals surface area contributed by atoms with Gasteiger partial charge in [-0.25, -0.2) is 4.39 Å². The Labute approximate surface area is 109 Å². The Hall–Kier alpha value is -1.48. The van der Waals surface area contributed by atoms with E-state index in [0.29, 0.717) is 11.5 Å². The lowest BCUT2D eigenvalue weighted by Crippen LogP contribution is -1.99. The SMILES string of the molecule is Cc1ccc(C[S@](=O)Cc2ccc(F)cc2)cc1. The van der Waals surface area contributed by atoms with E-state index in [1.807, 2.05) is 31.2 Å². The fourth-order valence-corrected chi connectivity index (χ4v) is 2.92. The fraction of sp³-hybridized carbons (Fsp3) is 0.200. The van der Waals surface area contributed by atoms with Crippen LogP contribution in [0.4, 0.5) is 4.39 Å². The minimum atomic E-state index is -0.958. The summed E-state index contributed by atoms with van der Waals surface area (Å²) in [4.78, 5) is 0. The molecule has 0 fully saturated rings. The highest BCUT2D eigenvalue weighted by molar-refractivity contribution is 7.83. The van der Waals surface area contributed by atoms with Gasteiger partial charge in [0.05, 0.1) is 0 Å². The zero-order chi connectivity index (χ0) is 13.0. The lowest BCUT2D eigenvalue weighted by atomic mass is 10.2. The minimum Gasteiger partial charge on any atom is -0.259 e. The molecule has 0 radical (unpaired) electrons. The third kappa shape index (κ3) is 3.77. The van der Waals surface area contributed by atoms with Gasteiger partial charge in [0.1, 0.15) is 5.82 Å². The molecule has 0 saturated carbocycles. The average molecular weight is 262 g/mol. The van der Waals surface area contributed by atoms with Crippen molar-refractivity contribution >= 4 is 10.8 Å². The van der Waals surface area contributed by atoms with Gasteiger partial charge >= 0.3 is 0 Å². The molecule has 0 spiro atoms. The van der Waals surface area contributed by atoms with E-state index in [4.69, 9.17) is 0 Å². The van der Waals surface area contributed by atoms with E-state index in [9.17, 15) is 8.60 Å². The molecule has 3 heteroatoms. The molecule has 94 valence electrons. The standard InChI is InChI=1S/C15H15FOS/c1-12-2-4-13(5-3-12)10-18(17)11-14-6-8-15(16)9-7-14/h2-9H,10-11H2,1H3/t18-/m0/s1. The van der Waals surface area contributed by atoms with Gasteiger partial charge in [0, 0.05) is 22.3 Å². The molecule has 0 unspecified atom stereocenters. The molecule has 1 atom stereocenters. The molecule has 18 heavy (non-hydrogen) atoms. The van der Waals surface area contributed by atoms with E-state index >= 15 is 0 Å². The molecule has 0 amide bonds. The first kappa shape index (κ1) is 13.0. The molecule has 0 N–H and O–H groups in total. The number of benzene rings is 2. The number of hydrogen-bond donors (Lipinski definition) is 0. The van der Waals surface area contributed by atoms with Crippen molar-refractivity contribution in [2.75, 3.05) is 0 Å². The summed E-state index contributed by atoms with van der Waals surface area (Å²) in [5.41, 5.74) is 3.17. The molecule has 0 saturated heterocycles. The Balaban J connectivity index is 1.96. The second-order valence-corrected chi connectivity index (χ2v) is 5.80. The van der Waals surface area contributed by atoms with Crippen LogP contribution in [0.2, 0.25) is 0 Å². The highest BCUT2D eigenvalue weighted by atomic mass is 32.2. The van der Waals surface area contributed by atoms with Crippen LogP contribution in [-0.4, -0.2) is 4.21 Å². The molecular weight excluding hydrogens is 247 g/mol. The third-order valence-electron chi connectivity index (χ3n) is 2.69. The maximum absolute atomic E-state index is 12.7. The van der Waals surface area contributed by atoms with Gasteiger partial charge in [0.15, 0.2) is 0 Å². The second-order valence-electron chi connectivity index (χ2n) is 4.34. The van der Waals surface area contributed by atoms with E-state index in [2.05, 4.69) is 0 Å². The van der Waals surface area contributed by atoms with Gasteiger partial charge in [0.25, 0.3) is 0 Å². The van der Waals surface area contributed by atoms with Gasteiger partial charge in [-0.05, 0) is 30.2 Å². The van der Waals surface area contributed by atoms with Crippen LogP contribution in [0, 0.1) is 12.7 Å². The summed E-state index contributed by atoms with van der Waals surface area (Å²) in [7, 11) is -0.958. The van der Waals surface area contributed by atoms with E-state index in [1.165, 1.54) is 17.7 Å². The highest BCUT2D eigenvalue weighted by Crippen LogP contribution is 2.11. The minimum absolute atomic E-state index is 0.261. The Morgan fingerprint density at radius 1 is 0.889 bits per heavy atom. The zero-order valence-corrected chi connectivity index (χ0v) is 11.0. The normalized spacial score (nSPS) is 12.3. The van der Waals surface area contributed by atoms with Crippen molar-refractivity contribution in [3.05, 3.63) is 71.0 Å². The van der Waals surface area contributed by atoms with Crippen molar-refractivity contribution in [3.8, 4) is 0 Å². The summed E-state index contributed by atoms with van der Waals surface area (Å²) in [6.45, 7) is 2.03. The summed E-state index contributed by atoms with van der Waals surface area (Å²) in [6.07, 6.45) is 0. The molecule has 2 rings (SSSR count). The van der Waals surface area contributed by atoms with Crippen LogP contribution in [0.25, 0.3) is 0 Å². The topological polar surface area (TPSA) is 17.1 Å². The Bertz CT molecular complexity index is 482. The van der Waals surface area contributed by atoms with Gasteiger partial charge in [-0.3, -0.25) is 4.21 Å². The molecule has 0 aliphatic heterocycles. The molecule has 2 aromatic carbocycles. The lowest BCUT2D eigenvalue weighted by Gasteiger charge is -2.03. The Kier molecular flexibility index (Phi) is 4.26. The molecule has 0 aliphatic rings. The van der Waals surface area contributed by atoms with Crippen LogP contribution in [0.5, 0.6) is 0 Å². The average Bonchev–Trinajstić information content (AvgIpc) is 2.35. The summed E-state index contributed by atoms with van der Waals surface area (Å²) in [6, 6.07) is 14.2. The van der Waals surface area contributed by atoms with E-state index in [0.717, 1.165) is 11.1 Å². The quantitative estimate of drug-likeness (QED) is 0.823. The Morgan fingerprint density at radius 2 is 1.33 bits per heavy atom. The van der Waals surface area contributed by atoms with Gasteiger partial charge in [0.2, 0.25) is 0 Å². The van der Waals surface area contributed by atoms with Crippen LogP contribution >= 0.6 is 0 Å². The number of halogens is 1. The predicted octanol–water partition coefficient (Wildman–Crippen LogP) is 3.58. The molecule has 0 heterocycles. The number of rotatable bonds is 4. The molecule has 1 nitrogen and oxygen atoms in total. The molecule has 0 bridgehead atoms. The highest BCUT2D eigenvalue weighted by Gasteiger charge is 2.03. The summed E-state index contributed by atoms with van der Waals surface area (Å²) in [5.74, 6) is 0.745. The largest absolute Gasteiger partial charge is 0.259 e. The Morgan fingerprint density at radius 3 is 1.83 bits per heavy atom. The van der Waals surface area contributed by atoms with Crippen molar-refractivity contribution in [2.45, 2.75) is 18.4 Å². The number of hydrogen-bond acceptors (Lipinski definition) is 1. The predicted molar refractivity (Wildman–Crippen MR) is 73.1 cm³/mol. The first-order valence-electron chi connectivity index (χ1n) is 5.78. The summed E-state index contributed by atoms with van der Waals surface area (Å²) >= 11 is 0. The third-order valence-corrected chi connectivity index (χ3v) is 4.00.